The molecule has 5 heteroatoms. The summed E-state index contributed by atoms with van der Waals surface area (Å²) in [5.41, 5.74) is 2.46. The Morgan fingerprint density at radius 1 is 1.13 bits per heavy atom. The molecule has 1 amide bonds. The van der Waals surface area contributed by atoms with Crippen molar-refractivity contribution in [2.45, 2.75) is 82.8 Å². The largest absolute Gasteiger partial charge is 0.497 e. The Hall–Kier alpha value is -2.37. The second-order valence-corrected chi connectivity index (χ2v) is 12.2. The minimum Gasteiger partial charge on any atom is -0.497 e. The number of piperidine rings is 1. The number of hydrogen-bond acceptors (Lipinski definition) is 4. The molecule has 38 heavy (non-hydrogen) atoms. The maximum atomic E-state index is 13.7. The van der Waals surface area contributed by atoms with Gasteiger partial charge in [0.2, 0.25) is 5.91 Å². The normalized spacial score (nSPS) is 25.7. The molecule has 1 aliphatic carbocycles. The van der Waals surface area contributed by atoms with Crippen LogP contribution in [-0.4, -0.2) is 66.8 Å². The minimum atomic E-state index is -0.434. The van der Waals surface area contributed by atoms with Crippen molar-refractivity contribution in [3.05, 3.63) is 65.7 Å². The van der Waals surface area contributed by atoms with Gasteiger partial charge in [0, 0.05) is 36.9 Å². The molecule has 1 unspecified atom stereocenters. The number of hydrogen-bond donors (Lipinski definition) is 1. The molecule has 208 valence electrons. The fourth-order valence-electron chi connectivity index (χ4n) is 6.93. The summed E-state index contributed by atoms with van der Waals surface area (Å²) in [7, 11) is 3.87. The number of amides is 1. The molecule has 2 fully saturated rings. The third-order valence-corrected chi connectivity index (χ3v) is 8.90. The molecule has 2 aromatic rings. The summed E-state index contributed by atoms with van der Waals surface area (Å²) in [6, 6.07) is 19.1. The Bertz CT molecular complexity index is 1030. The summed E-state index contributed by atoms with van der Waals surface area (Å²) in [5, 5.41) is 11.6. The van der Waals surface area contributed by atoms with E-state index >= 15 is 0 Å². The number of methoxy groups -OCH3 is 1. The number of nitrogens with zero attached hydrogens (tertiary/aromatic N) is 2. The van der Waals surface area contributed by atoms with E-state index in [2.05, 4.69) is 79.2 Å². The summed E-state index contributed by atoms with van der Waals surface area (Å²) < 4.78 is 5.59. The van der Waals surface area contributed by atoms with E-state index in [0.717, 1.165) is 63.9 Å². The van der Waals surface area contributed by atoms with E-state index in [4.69, 9.17) is 4.74 Å². The highest BCUT2D eigenvalue weighted by atomic mass is 16.5. The molecule has 1 aliphatic heterocycles. The van der Waals surface area contributed by atoms with Crippen LogP contribution < -0.4 is 4.74 Å². The van der Waals surface area contributed by atoms with Crippen LogP contribution in [0.4, 0.5) is 0 Å². The van der Waals surface area contributed by atoms with Crippen LogP contribution in [0.5, 0.6) is 5.75 Å². The van der Waals surface area contributed by atoms with Gasteiger partial charge in [0.15, 0.2) is 0 Å². The lowest BCUT2D eigenvalue weighted by Crippen LogP contribution is -2.61. The number of unbranched alkanes of at least 4 members (excludes halogenated alkanes) is 2. The van der Waals surface area contributed by atoms with Gasteiger partial charge in [-0.15, -0.1) is 0 Å². The summed E-state index contributed by atoms with van der Waals surface area (Å²) >= 11 is 0. The maximum absolute atomic E-state index is 13.7. The molecule has 2 aliphatic rings. The zero-order chi connectivity index (χ0) is 27.1. The number of ether oxygens (including phenoxy) is 1. The maximum Gasteiger partial charge on any atom is 0.222 e. The van der Waals surface area contributed by atoms with Crippen molar-refractivity contribution >= 4 is 5.91 Å². The Morgan fingerprint density at radius 3 is 2.66 bits per heavy atom. The molecular weight excluding hydrogens is 472 g/mol. The van der Waals surface area contributed by atoms with Gasteiger partial charge in [0.05, 0.1) is 13.2 Å². The molecule has 4 rings (SSSR count). The SMILES string of the molecule is COc1cccc([C@@]23CCN(C)C[C@H]2C(O)C[C@@H](N(CC(C)C)C(=O)CCCCCc2ccccc2)C3)c1. The fraction of sp³-hybridized carbons (Fsp3) is 0.606. The number of aryl methyl sites for hydroxylation is 1. The molecule has 5 nitrogen and oxygen atoms in total. The smallest absolute Gasteiger partial charge is 0.222 e. The van der Waals surface area contributed by atoms with Crippen LogP contribution in [-0.2, 0) is 16.6 Å². The summed E-state index contributed by atoms with van der Waals surface area (Å²) in [6.07, 6.45) is 6.87. The van der Waals surface area contributed by atoms with Gasteiger partial charge in [-0.3, -0.25) is 4.79 Å². The zero-order valence-corrected chi connectivity index (χ0v) is 23.9. The van der Waals surface area contributed by atoms with Crippen molar-refractivity contribution in [1.29, 1.82) is 0 Å². The average Bonchev–Trinajstić information content (AvgIpc) is 2.92. The molecule has 0 spiro atoms. The fourth-order valence-corrected chi connectivity index (χ4v) is 6.93. The van der Waals surface area contributed by atoms with Crippen LogP contribution in [0.2, 0.25) is 0 Å². The second kappa shape index (κ2) is 13.1. The number of carbonyl (C=O) groups excluding carboxylic acids is 1. The van der Waals surface area contributed by atoms with E-state index < -0.39 is 6.10 Å². The van der Waals surface area contributed by atoms with E-state index in [9.17, 15) is 9.90 Å². The quantitative estimate of drug-likeness (QED) is 0.387. The molecule has 0 aromatic heterocycles. The Morgan fingerprint density at radius 2 is 1.92 bits per heavy atom. The molecule has 1 saturated heterocycles. The summed E-state index contributed by atoms with van der Waals surface area (Å²) in [5.74, 6) is 1.65. The number of likely N-dealkylation sites (tertiary alicyclic amines) is 1. The van der Waals surface area contributed by atoms with Gasteiger partial charge >= 0.3 is 0 Å². The monoisotopic (exact) mass is 520 g/mol. The summed E-state index contributed by atoms with van der Waals surface area (Å²) in [6.45, 7) is 7.00. The third kappa shape index (κ3) is 6.79. The molecule has 0 bridgehead atoms. The van der Waals surface area contributed by atoms with Crippen LogP contribution in [0.1, 0.15) is 69.9 Å². The minimum absolute atomic E-state index is 0.0510. The summed E-state index contributed by atoms with van der Waals surface area (Å²) in [4.78, 5) is 18.2. The van der Waals surface area contributed by atoms with Crippen LogP contribution in [0, 0.1) is 11.8 Å². The van der Waals surface area contributed by atoms with Crippen molar-refractivity contribution in [3.63, 3.8) is 0 Å². The standard InChI is InChI=1S/C33H48N2O3/c1-25(2)23-35(32(37)17-10-6-9-14-26-12-7-5-8-13-26)28-21-31(36)30-24-34(3)19-18-33(30,22-28)27-15-11-16-29(20-27)38-4/h5,7-8,11-13,15-16,20,25,28,30-31,36H,6,9-10,14,17-19,21-24H2,1-4H3/t28-,30+,31?,33+/m1/s1. The van der Waals surface area contributed by atoms with E-state index in [1.54, 1.807) is 7.11 Å². The van der Waals surface area contributed by atoms with Gasteiger partial charge in [0.25, 0.3) is 0 Å². The molecule has 1 heterocycles. The molecular formula is C33H48N2O3. The molecule has 2 aromatic carbocycles. The van der Waals surface area contributed by atoms with E-state index in [0.29, 0.717) is 18.8 Å². The molecule has 1 saturated carbocycles. The first-order valence-electron chi connectivity index (χ1n) is 14.7. The lowest BCUT2D eigenvalue weighted by atomic mass is 9.56. The van der Waals surface area contributed by atoms with Gasteiger partial charge in [-0.1, -0.05) is 62.7 Å². The lowest BCUT2D eigenvalue weighted by Gasteiger charge is -2.56. The number of carbonyl (C=O) groups is 1. The van der Waals surface area contributed by atoms with Gasteiger partial charge in [0.1, 0.15) is 5.75 Å². The lowest BCUT2D eigenvalue weighted by molar-refractivity contribution is -0.139. The Balaban J connectivity index is 1.49. The predicted octanol–water partition coefficient (Wildman–Crippen LogP) is 5.70. The first kappa shape index (κ1) is 28.6. The number of benzene rings is 2. The zero-order valence-electron chi connectivity index (χ0n) is 23.9. The van der Waals surface area contributed by atoms with Gasteiger partial charge in [-0.25, -0.2) is 0 Å². The number of fused-ring (bicyclic) bond motifs is 1. The van der Waals surface area contributed by atoms with Crippen LogP contribution in [0.15, 0.2) is 54.6 Å². The van der Waals surface area contributed by atoms with Crippen LogP contribution in [0.3, 0.4) is 0 Å². The predicted molar refractivity (Wildman–Crippen MR) is 154 cm³/mol. The van der Waals surface area contributed by atoms with Gasteiger partial charge in [-0.2, -0.15) is 0 Å². The number of rotatable bonds is 11. The Labute approximate surface area is 230 Å². The molecule has 0 radical (unpaired) electrons. The van der Waals surface area contributed by atoms with E-state index in [1.807, 2.05) is 6.07 Å². The molecule has 1 N–H and O–H groups in total. The first-order valence-corrected chi connectivity index (χ1v) is 14.7. The molecule has 4 atom stereocenters. The highest BCUT2D eigenvalue weighted by Crippen LogP contribution is 2.50. The number of aliphatic hydroxyl groups excluding tert-OH is 1. The van der Waals surface area contributed by atoms with E-state index in [-0.39, 0.29) is 23.3 Å². The van der Waals surface area contributed by atoms with Gasteiger partial charge in [-0.05, 0) is 81.3 Å². The van der Waals surface area contributed by atoms with Gasteiger partial charge < -0.3 is 19.6 Å². The van der Waals surface area contributed by atoms with Crippen LogP contribution >= 0.6 is 0 Å². The van der Waals surface area contributed by atoms with E-state index in [1.165, 1.54) is 11.1 Å². The van der Waals surface area contributed by atoms with Crippen molar-refractivity contribution < 1.29 is 14.6 Å². The van der Waals surface area contributed by atoms with Crippen LogP contribution in [0.25, 0.3) is 0 Å². The highest BCUT2D eigenvalue weighted by Gasteiger charge is 2.52. The third-order valence-electron chi connectivity index (χ3n) is 8.90. The van der Waals surface area contributed by atoms with Crippen molar-refractivity contribution in [2.24, 2.45) is 11.8 Å². The average molecular weight is 521 g/mol. The topological polar surface area (TPSA) is 53.0 Å². The van der Waals surface area contributed by atoms with Crippen molar-refractivity contribution in [1.82, 2.24) is 9.80 Å². The second-order valence-electron chi connectivity index (χ2n) is 12.2. The Kier molecular flexibility index (Phi) is 9.89. The number of aliphatic hydroxyl groups is 1. The highest BCUT2D eigenvalue weighted by molar-refractivity contribution is 5.76. The van der Waals surface area contributed by atoms with Crippen molar-refractivity contribution in [2.75, 3.05) is 33.8 Å². The first-order chi connectivity index (χ1) is 18.3. The van der Waals surface area contributed by atoms with Crippen molar-refractivity contribution in [3.8, 4) is 5.75 Å².